The van der Waals surface area contributed by atoms with Crippen LogP contribution in [0.3, 0.4) is 0 Å². The van der Waals surface area contributed by atoms with E-state index in [1.165, 1.54) is 12.1 Å². The summed E-state index contributed by atoms with van der Waals surface area (Å²) >= 11 is 10.9. The number of hydrogen-bond donors (Lipinski definition) is 3. The van der Waals surface area contributed by atoms with Crippen molar-refractivity contribution in [1.82, 2.24) is 0 Å². The summed E-state index contributed by atoms with van der Waals surface area (Å²) in [6.07, 6.45) is 7.68. The molecule has 0 spiro atoms. The van der Waals surface area contributed by atoms with Gasteiger partial charge in [-0.3, -0.25) is 9.52 Å². The number of thiol groups is 1. The maximum atomic E-state index is 15.5. The Morgan fingerprint density at radius 3 is 2.76 bits per heavy atom. The zero-order chi connectivity index (χ0) is 24.3. The van der Waals surface area contributed by atoms with Gasteiger partial charge in [0.1, 0.15) is 0 Å². The van der Waals surface area contributed by atoms with Crippen molar-refractivity contribution in [2.75, 3.05) is 10.5 Å². The molecule has 0 heterocycles. The smallest absolute Gasteiger partial charge is 0.232 e. The van der Waals surface area contributed by atoms with Crippen LogP contribution in [0.1, 0.15) is 62.7 Å². The Morgan fingerprint density at radius 2 is 2.06 bits per heavy atom. The fourth-order valence-electron chi connectivity index (χ4n) is 4.32. The van der Waals surface area contributed by atoms with E-state index < -0.39 is 21.6 Å². The molecule has 2 atom stereocenters. The van der Waals surface area contributed by atoms with Crippen molar-refractivity contribution < 1.29 is 17.6 Å². The van der Waals surface area contributed by atoms with E-state index in [4.69, 9.17) is 17.3 Å². The number of Topliss-reactive ketones (excluding diaryl/α,β-unsaturated/α-hetero) is 1. The molecule has 0 amide bonds. The Labute approximate surface area is 205 Å². The van der Waals surface area contributed by atoms with Crippen LogP contribution < -0.4 is 10.5 Å². The normalized spacial score (nSPS) is 21.9. The van der Waals surface area contributed by atoms with Crippen molar-refractivity contribution in [3.63, 3.8) is 0 Å². The molecule has 33 heavy (non-hydrogen) atoms. The second kappa shape index (κ2) is 10.8. The fraction of sp³-hybridized carbons (Fsp3) is 0.458. The van der Waals surface area contributed by atoms with E-state index in [1.807, 2.05) is 6.08 Å². The lowest BCUT2D eigenvalue weighted by Crippen LogP contribution is -2.24. The van der Waals surface area contributed by atoms with Crippen LogP contribution in [0.5, 0.6) is 0 Å². The van der Waals surface area contributed by atoms with Gasteiger partial charge in [-0.25, -0.2) is 12.8 Å². The number of ketones is 1. The molecular formula is C24H30ClFN2O3S2. The highest BCUT2D eigenvalue weighted by Gasteiger charge is 2.29. The third kappa shape index (κ3) is 6.10. The van der Waals surface area contributed by atoms with E-state index in [0.717, 1.165) is 29.7 Å². The molecule has 3 rings (SSSR count). The lowest BCUT2D eigenvalue weighted by atomic mass is 9.84. The molecule has 0 saturated heterocycles. The molecule has 2 aliphatic rings. The third-order valence-corrected chi connectivity index (χ3v) is 8.09. The first-order valence-electron chi connectivity index (χ1n) is 11.2. The summed E-state index contributed by atoms with van der Waals surface area (Å²) in [5, 5.41) is -0.0814. The molecule has 180 valence electrons. The minimum atomic E-state index is -3.75. The lowest BCUT2D eigenvalue weighted by molar-refractivity contribution is 0.103. The first kappa shape index (κ1) is 26.0. The molecule has 0 bridgehead atoms. The number of allylic oxidation sites excluding steroid dienone is 5. The predicted octanol–water partition coefficient (Wildman–Crippen LogP) is 5.79. The van der Waals surface area contributed by atoms with Gasteiger partial charge in [0, 0.05) is 11.6 Å². The molecule has 9 heteroatoms. The number of hydrogen-bond acceptors (Lipinski definition) is 5. The Bertz CT molecular complexity index is 1140. The number of anilines is 1. The first-order chi connectivity index (χ1) is 15.5. The molecule has 0 aromatic heterocycles. The summed E-state index contributed by atoms with van der Waals surface area (Å²) in [7, 11) is -3.75. The van der Waals surface area contributed by atoms with Crippen molar-refractivity contribution >= 4 is 45.7 Å². The molecule has 2 unspecified atom stereocenters. The number of nitrogens with two attached hydrogens (primary N) is 1. The van der Waals surface area contributed by atoms with Gasteiger partial charge in [0.05, 0.1) is 22.0 Å². The Hall–Kier alpha value is -1.61. The maximum absolute atomic E-state index is 15.5. The average molecular weight is 513 g/mol. The van der Waals surface area contributed by atoms with Crippen molar-refractivity contribution in [3.05, 3.63) is 62.3 Å². The summed E-state index contributed by atoms with van der Waals surface area (Å²) in [4.78, 5) is 14.5. The van der Waals surface area contributed by atoms with Gasteiger partial charge >= 0.3 is 0 Å². The molecule has 0 saturated carbocycles. The SMILES string of the molecule is CCCS(=O)(=O)Nc1ccc(Cl)c(C(=O)C2=CCCC(N)C3=C2C=C(S)CC(C)CC3)c1F. The molecule has 5 nitrogen and oxygen atoms in total. The number of carbonyl (C=O) groups excluding carboxylic acids is 1. The highest BCUT2D eigenvalue weighted by Crippen LogP contribution is 2.37. The highest BCUT2D eigenvalue weighted by molar-refractivity contribution is 7.92. The van der Waals surface area contributed by atoms with Crippen LogP contribution >= 0.6 is 24.2 Å². The van der Waals surface area contributed by atoms with Crippen LogP contribution in [-0.4, -0.2) is 26.0 Å². The average Bonchev–Trinajstić information content (AvgIpc) is 2.85. The monoisotopic (exact) mass is 512 g/mol. The largest absolute Gasteiger partial charge is 0.324 e. The zero-order valence-electron chi connectivity index (χ0n) is 18.8. The van der Waals surface area contributed by atoms with E-state index in [-0.39, 0.29) is 28.1 Å². The van der Waals surface area contributed by atoms with Gasteiger partial charge in [-0.05, 0) is 78.7 Å². The van der Waals surface area contributed by atoms with Crippen molar-refractivity contribution in [2.45, 2.75) is 58.4 Å². The number of carbonyl (C=O) groups is 1. The van der Waals surface area contributed by atoms with Gasteiger partial charge in [0.15, 0.2) is 11.6 Å². The minimum absolute atomic E-state index is 0.0814. The minimum Gasteiger partial charge on any atom is -0.324 e. The molecule has 0 fully saturated rings. The van der Waals surface area contributed by atoms with E-state index >= 15 is 4.39 Å². The van der Waals surface area contributed by atoms with Crippen LogP contribution in [0, 0.1) is 11.7 Å². The number of sulfonamides is 1. The van der Waals surface area contributed by atoms with Crippen LogP contribution in [0.2, 0.25) is 5.02 Å². The van der Waals surface area contributed by atoms with E-state index in [1.54, 1.807) is 13.0 Å². The molecule has 1 aromatic carbocycles. The second-order valence-corrected chi connectivity index (χ2v) is 11.6. The van der Waals surface area contributed by atoms with E-state index in [0.29, 0.717) is 36.3 Å². The number of halogens is 2. The topological polar surface area (TPSA) is 89.3 Å². The Balaban J connectivity index is 2.10. The fourth-order valence-corrected chi connectivity index (χ4v) is 6.12. The molecule has 1 aromatic rings. The molecule has 0 aliphatic heterocycles. The summed E-state index contributed by atoms with van der Waals surface area (Å²) in [6.45, 7) is 3.86. The summed E-state index contributed by atoms with van der Waals surface area (Å²) in [5.41, 5.74) is 7.76. The maximum Gasteiger partial charge on any atom is 0.232 e. The summed E-state index contributed by atoms with van der Waals surface area (Å²) in [5.74, 6) is -1.31. The quantitative estimate of drug-likeness (QED) is 0.332. The number of nitrogens with one attached hydrogen (secondary N) is 1. The molecule has 3 N–H and O–H groups in total. The van der Waals surface area contributed by atoms with Gasteiger partial charge in [-0.2, -0.15) is 0 Å². The van der Waals surface area contributed by atoms with E-state index in [2.05, 4.69) is 24.3 Å². The van der Waals surface area contributed by atoms with E-state index in [9.17, 15) is 13.2 Å². The van der Waals surface area contributed by atoms with Crippen LogP contribution in [0.4, 0.5) is 10.1 Å². The van der Waals surface area contributed by atoms with Crippen LogP contribution in [-0.2, 0) is 10.0 Å². The highest BCUT2D eigenvalue weighted by atomic mass is 35.5. The predicted molar refractivity (Wildman–Crippen MR) is 136 cm³/mol. The molecular weight excluding hydrogens is 483 g/mol. The second-order valence-electron chi connectivity index (χ2n) is 8.76. The Kier molecular flexibility index (Phi) is 8.48. The lowest BCUT2D eigenvalue weighted by Gasteiger charge is -2.23. The zero-order valence-corrected chi connectivity index (χ0v) is 21.3. The van der Waals surface area contributed by atoms with Gasteiger partial charge in [-0.1, -0.05) is 31.5 Å². The molecule has 2 aliphatic carbocycles. The third-order valence-electron chi connectivity index (χ3n) is 5.99. The van der Waals surface area contributed by atoms with Gasteiger partial charge in [-0.15, -0.1) is 12.6 Å². The van der Waals surface area contributed by atoms with Gasteiger partial charge in [0.25, 0.3) is 0 Å². The summed E-state index contributed by atoms with van der Waals surface area (Å²) < 4.78 is 42.0. The number of rotatable bonds is 6. The first-order valence-corrected chi connectivity index (χ1v) is 13.6. The van der Waals surface area contributed by atoms with Crippen molar-refractivity contribution in [3.8, 4) is 0 Å². The molecule has 0 radical (unpaired) electrons. The van der Waals surface area contributed by atoms with Crippen LogP contribution in [0.15, 0.2) is 45.9 Å². The van der Waals surface area contributed by atoms with Crippen molar-refractivity contribution in [1.29, 1.82) is 0 Å². The Morgan fingerprint density at radius 1 is 1.33 bits per heavy atom. The summed E-state index contributed by atoms with van der Waals surface area (Å²) in [6, 6.07) is 2.35. The van der Waals surface area contributed by atoms with Gasteiger partial charge in [0.2, 0.25) is 10.0 Å². The van der Waals surface area contributed by atoms with Crippen molar-refractivity contribution in [2.24, 2.45) is 11.7 Å². The number of benzene rings is 1. The standard InChI is InChI=1S/C24H30ClFN2O3S2/c1-3-11-33(30,31)28-21-10-9-19(25)22(23(21)26)24(29)17-5-4-6-20(27)16-8-7-14(2)12-15(32)13-18(16)17/h5,9-10,13-14,20,28,32H,3-4,6-8,11-12,27H2,1-2H3. The van der Waals surface area contributed by atoms with Crippen LogP contribution in [0.25, 0.3) is 0 Å². The van der Waals surface area contributed by atoms with Gasteiger partial charge < -0.3 is 5.73 Å².